The van der Waals surface area contributed by atoms with Crippen LogP contribution in [-0.4, -0.2) is 33.1 Å². The number of hydrogen-bond acceptors (Lipinski definition) is 3. The summed E-state index contributed by atoms with van der Waals surface area (Å²) in [7, 11) is 0. The van der Waals surface area contributed by atoms with Crippen LogP contribution in [-0.2, 0) is 6.54 Å². The molecule has 2 amide bonds. The zero-order valence-electron chi connectivity index (χ0n) is 14.5. The van der Waals surface area contributed by atoms with Gasteiger partial charge in [0, 0.05) is 12.7 Å². The van der Waals surface area contributed by atoms with Crippen LogP contribution in [0.1, 0.15) is 37.9 Å². The monoisotopic (exact) mass is 330 g/mol. The molecule has 1 heterocycles. The summed E-state index contributed by atoms with van der Waals surface area (Å²) >= 11 is 0. The number of benzene rings is 1. The van der Waals surface area contributed by atoms with Crippen LogP contribution in [0.25, 0.3) is 5.69 Å². The van der Waals surface area contributed by atoms with E-state index in [1.807, 2.05) is 57.3 Å². The van der Waals surface area contributed by atoms with Crippen molar-refractivity contribution in [3.8, 4) is 5.69 Å². The summed E-state index contributed by atoms with van der Waals surface area (Å²) in [5, 5.41) is 19.6. The lowest BCUT2D eigenvalue weighted by Crippen LogP contribution is -2.52. The first-order valence-electron chi connectivity index (χ1n) is 8.25. The number of aryl methyl sites for hydroxylation is 1. The molecule has 3 N–H and O–H groups in total. The molecule has 24 heavy (non-hydrogen) atoms. The van der Waals surface area contributed by atoms with E-state index >= 15 is 0 Å². The van der Waals surface area contributed by atoms with Crippen molar-refractivity contribution in [2.24, 2.45) is 0 Å². The van der Waals surface area contributed by atoms with Gasteiger partial charge in [0.05, 0.1) is 23.5 Å². The highest BCUT2D eigenvalue weighted by atomic mass is 16.3. The van der Waals surface area contributed by atoms with Crippen LogP contribution >= 0.6 is 0 Å². The predicted molar refractivity (Wildman–Crippen MR) is 94.1 cm³/mol. The van der Waals surface area contributed by atoms with Gasteiger partial charge in [0.2, 0.25) is 0 Å². The van der Waals surface area contributed by atoms with Crippen molar-refractivity contribution < 1.29 is 9.90 Å². The summed E-state index contributed by atoms with van der Waals surface area (Å²) in [6.07, 6.45) is 3.51. The zero-order chi connectivity index (χ0) is 17.6. The lowest BCUT2D eigenvalue weighted by atomic mass is 9.98. The number of aromatic nitrogens is 2. The van der Waals surface area contributed by atoms with Gasteiger partial charge in [0.25, 0.3) is 0 Å². The minimum atomic E-state index is -0.600. The van der Waals surface area contributed by atoms with Crippen molar-refractivity contribution in [2.75, 3.05) is 6.61 Å². The van der Waals surface area contributed by atoms with E-state index in [1.165, 1.54) is 0 Å². The van der Waals surface area contributed by atoms with Crippen LogP contribution in [0.15, 0.2) is 36.5 Å². The molecule has 130 valence electrons. The first-order chi connectivity index (χ1) is 11.5. The normalized spacial score (nSPS) is 13.3. The largest absolute Gasteiger partial charge is 0.394 e. The van der Waals surface area contributed by atoms with Crippen molar-refractivity contribution in [3.63, 3.8) is 0 Å². The molecule has 0 saturated carbocycles. The Kier molecular flexibility index (Phi) is 5.98. The second-order valence-electron chi connectivity index (χ2n) is 6.31. The van der Waals surface area contributed by atoms with Gasteiger partial charge in [-0.2, -0.15) is 5.10 Å². The van der Waals surface area contributed by atoms with Crippen molar-refractivity contribution >= 4 is 6.03 Å². The number of nitrogens with zero attached hydrogens (tertiary/aromatic N) is 2. The Morgan fingerprint density at radius 2 is 2.08 bits per heavy atom. The molecule has 2 aromatic rings. The minimum Gasteiger partial charge on any atom is -0.394 e. The number of aliphatic hydroxyl groups excluding tert-OH is 1. The smallest absolute Gasteiger partial charge is 0.315 e. The number of nitrogens with one attached hydrogen (secondary N) is 2. The number of aliphatic hydroxyl groups is 1. The van der Waals surface area contributed by atoms with E-state index in [2.05, 4.69) is 15.7 Å². The van der Waals surface area contributed by atoms with E-state index in [1.54, 1.807) is 4.68 Å². The summed E-state index contributed by atoms with van der Waals surface area (Å²) in [5.41, 5.74) is 2.24. The highest BCUT2D eigenvalue weighted by molar-refractivity contribution is 5.74. The van der Waals surface area contributed by atoms with E-state index in [4.69, 9.17) is 0 Å². The third-order valence-corrected chi connectivity index (χ3v) is 3.97. The SMILES string of the molecule is CCCC(C)(CO)NC(=O)NCc1ccccc1-n1ccc(C)n1. The molecule has 0 aliphatic rings. The second-order valence-corrected chi connectivity index (χ2v) is 6.31. The maximum atomic E-state index is 12.2. The number of hydrogen-bond donors (Lipinski definition) is 3. The minimum absolute atomic E-state index is 0.0859. The summed E-state index contributed by atoms with van der Waals surface area (Å²) in [6.45, 7) is 6.10. The number of rotatable bonds is 7. The number of amides is 2. The van der Waals surface area contributed by atoms with Crippen LogP contribution < -0.4 is 10.6 Å². The molecule has 0 fully saturated rings. The summed E-state index contributed by atoms with van der Waals surface area (Å²) in [4.78, 5) is 12.2. The Hall–Kier alpha value is -2.34. The van der Waals surface area contributed by atoms with E-state index in [0.717, 1.165) is 29.8 Å². The lowest BCUT2D eigenvalue weighted by molar-refractivity contribution is 0.163. The molecule has 6 nitrogen and oxygen atoms in total. The van der Waals surface area contributed by atoms with Gasteiger partial charge in [-0.3, -0.25) is 0 Å². The standard InChI is InChI=1S/C18H26N4O2/c1-4-10-18(3,13-23)20-17(24)19-12-15-7-5-6-8-16(15)22-11-9-14(2)21-22/h5-9,11,23H,4,10,12-13H2,1-3H3,(H2,19,20,24). The zero-order valence-corrected chi connectivity index (χ0v) is 14.5. The fourth-order valence-corrected chi connectivity index (χ4v) is 2.66. The van der Waals surface area contributed by atoms with Gasteiger partial charge < -0.3 is 15.7 Å². The molecule has 1 aromatic heterocycles. The Bertz CT molecular complexity index is 683. The number of urea groups is 1. The van der Waals surface area contributed by atoms with Crippen LogP contribution in [0.2, 0.25) is 0 Å². The first kappa shape index (κ1) is 18.0. The molecular weight excluding hydrogens is 304 g/mol. The summed E-state index contributed by atoms with van der Waals surface area (Å²) in [6, 6.07) is 9.46. The van der Waals surface area contributed by atoms with Gasteiger partial charge in [-0.25, -0.2) is 9.48 Å². The van der Waals surface area contributed by atoms with Crippen LogP contribution in [0.5, 0.6) is 0 Å². The van der Waals surface area contributed by atoms with E-state index < -0.39 is 5.54 Å². The molecule has 0 radical (unpaired) electrons. The van der Waals surface area contributed by atoms with Gasteiger partial charge in [0.15, 0.2) is 0 Å². The van der Waals surface area contributed by atoms with Crippen molar-refractivity contribution in [3.05, 3.63) is 47.8 Å². The lowest BCUT2D eigenvalue weighted by Gasteiger charge is -2.28. The molecule has 1 aromatic carbocycles. The maximum absolute atomic E-state index is 12.2. The highest BCUT2D eigenvalue weighted by Crippen LogP contribution is 2.14. The average molecular weight is 330 g/mol. The molecular formula is C18H26N4O2. The molecule has 0 spiro atoms. The number of carbonyl (C=O) groups excluding carboxylic acids is 1. The second kappa shape index (κ2) is 7.97. The Labute approximate surface area is 142 Å². The topological polar surface area (TPSA) is 79.2 Å². The van der Waals surface area contributed by atoms with Gasteiger partial charge in [0.1, 0.15) is 0 Å². The van der Waals surface area contributed by atoms with Gasteiger partial charge >= 0.3 is 6.03 Å². The Morgan fingerprint density at radius 1 is 1.33 bits per heavy atom. The third-order valence-electron chi connectivity index (χ3n) is 3.97. The molecule has 0 saturated heterocycles. The summed E-state index contributed by atoms with van der Waals surface area (Å²) in [5.74, 6) is 0. The highest BCUT2D eigenvalue weighted by Gasteiger charge is 2.24. The average Bonchev–Trinajstić information content (AvgIpc) is 3.00. The maximum Gasteiger partial charge on any atom is 0.315 e. The van der Waals surface area contributed by atoms with Crippen LogP contribution in [0.4, 0.5) is 4.79 Å². The molecule has 1 atom stereocenters. The van der Waals surface area contributed by atoms with Gasteiger partial charge in [-0.05, 0) is 38.0 Å². The molecule has 6 heteroatoms. The van der Waals surface area contributed by atoms with Crippen LogP contribution in [0.3, 0.4) is 0 Å². The van der Waals surface area contributed by atoms with E-state index in [0.29, 0.717) is 6.54 Å². The van der Waals surface area contributed by atoms with E-state index in [-0.39, 0.29) is 12.6 Å². The van der Waals surface area contributed by atoms with Gasteiger partial charge in [-0.1, -0.05) is 31.5 Å². The number of carbonyl (C=O) groups is 1. The molecule has 0 bridgehead atoms. The van der Waals surface area contributed by atoms with Gasteiger partial charge in [-0.15, -0.1) is 0 Å². The van der Waals surface area contributed by atoms with Crippen molar-refractivity contribution in [1.82, 2.24) is 20.4 Å². The fraction of sp³-hybridized carbons (Fsp3) is 0.444. The Morgan fingerprint density at radius 3 is 2.71 bits per heavy atom. The fourth-order valence-electron chi connectivity index (χ4n) is 2.66. The van der Waals surface area contributed by atoms with Crippen molar-refractivity contribution in [2.45, 2.75) is 45.7 Å². The molecule has 0 aliphatic heterocycles. The molecule has 2 rings (SSSR count). The molecule has 1 unspecified atom stereocenters. The summed E-state index contributed by atoms with van der Waals surface area (Å²) < 4.78 is 1.80. The first-order valence-corrected chi connectivity index (χ1v) is 8.25. The van der Waals surface area contributed by atoms with E-state index in [9.17, 15) is 9.90 Å². The van der Waals surface area contributed by atoms with Crippen LogP contribution in [0, 0.1) is 6.92 Å². The predicted octanol–water partition coefficient (Wildman–Crippen LogP) is 2.53. The third kappa shape index (κ3) is 4.58. The number of para-hydroxylation sites is 1. The quantitative estimate of drug-likeness (QED) is 0.730. The molecule has 0 aliphatic carbocycles. The van der Waals surface area contributed by atoms with Crippen molar-refractivity contribution in [1.29, 1.82) is 0 Å². The Balaban J connectivity index is 2.03.